The molecule has 2 aromatic heterocycles. The van der Waals surface area contributed by atoms with Crippen molar-refractivity contribution in [2.45, 2.75) is 13.5 Å². The van der Waals surface area contributed by atoms with E-state index in [4.69, 9.17) is 0 Å². The summed E-state index contributed by atoms with van der Waals surface area (Å²) in [6.07, 6.45) is 1.96. The number of hydrogen-bond acceptors (Lipinski definition) is 3. The van der Waals surface area contributed by atoms with E-state index in [1.54, 1.807) is 0 Å². The number of fused-ring (bicyclic) bond motifs is 1. The van der Waals surface area contributed by atoms with Gasteiger partial charge in [0.15, 0.2) is 5.65 Å². The van der Waals surface area contributed by atoms with Crippen LogP contribution in [0, 0.1) is 6.92 Å². The molecule has 3 rings (SSSR count). The van der Waals surface area contributed by atoms with Crippen LogP contribution in [0.5, 0.6) is 0 Å². The number of nitrogens with zero attached hydrogens (tertiary/aromatic N) is 3. The Balaban J connectivity index is 2.03. The van der Waals surface area contributed by atoms with Crippen LogP contribution in [0.4, 0.5) is 0 Å². The molecule has 1 aromatic carbocycles. The number of aryl methyl sites for hydroxylation is 1. The normalized spacial score (nSPS) is 11.1. The highest BCUT2D eigenvalue weighted by Crippen LogP contribution is 2.18. The number of benzene rings is 1. The van der Waals surface area contributed by atoms with Gasteiger partial charge < -0.3 is 5.32 Å². The van der Waals surface area contributed by atoms with Gasteiger partial charge >= 0.3 is 0 Å². The van der Waals surface area contributed by atoms with Crippen LogP contribution in [0.15, 0.2) is 42.6 Å². The van der Waals surface area contributed by atoms with Crippen molar-refractivity contribution in [3.05, 3.63) is 53.9 Å². The van der Waals surface area contributed by atoms with Gasteiger partial charge in [0.2, 0.25) is 0 Å². The van der Waals surface area contributed by atoms with Gasteiger partial charge in [-0.3, -0.25) is 0 Å². The predicted molar refractivity (Wildman–Crippen MR) is 75.9 cm³/mol. The van der Waals surface area contributed by atoms with Crippen molar-refractivity contribution in [3.63, 3.8) is 0 Å². The summed E-state index contributed by atoms with van der Waals surface area (Å²) in [7, 11) is 1.91. The second-order valence-electron chi connectivity index (χ2n) is 4.65. The lowest BCUT2D eigenvalue weighted by Crippen LogP contribution is -2.04. The van der Waals surface area contributed by atoms with Crippen molar-refractivity contribution in [2.24, 2.45) is 0 Å². The molecule has 0 saturated heterocycles. The summed E-state index contributed by atoms with van der Waals surface area (Å²) in [6, 6.07) is 12.4. The van der Waals surface area contributed by atoms with Crippen LogP contribution in [0.25, 0.3) is 16.9 Å². The van der Waals surface area contributed by atoms with Gasteiger partial charge in [-0.2, -0.15) is 5.10 Å². The first-order chi connectivity index (χ1) is 9.26. The molecule has 0 aliphatic rings. The van der Waals surface area contributed by atoms with Crippen LogP contribution in [0.3, 0.4) is 0 Å². The van der Waals surface area contributed by atoms with Crippen molar-refractivity contribution < 1.29 is 0 Å². The average Bonchev–Trinajstić information content (AvgIpc) is 2.81. The van der Waals surface area contributed by atoms with E-state index in [-0.39, 0.29) is 0 Å². The van der Waals surface area contributed by atoms with E-state index in [1.165, 1.54) is 5.56 Å². The Kier molecular flexibility index (Phi) is 3.01. The SMILES string of the molecule is CNCc1cn2nc(-c3ccc(C)cc3)ccc2n1. The minimum Gasteiger partial charge on any atom is -0.314 e. The molecule has 4 heteroatoms. The molecule has 4 nitrogen and oxygen atoms in total. The molecule has 1 N–H and O–H groups in total. The first-order valence-electron chi connectivity index (χ1n) is 6.33. The molecule has 0 radical (unpaired) electrons. The Bertz CT molecular complexity index is 698. The average molecular weight is 252 g/mol. The van der Waals surface area contributed by atoms with Gasteiger partial charge in [-0.25, -0.2) is 9.50 Å². The van der Waals surface area contributed by atoms with Gasteiger partial charge in [-0.15, -0.1) is 0 Å². The smallest absolute Gasteiger partial charge is 0.153 e. The van der Waals surface area contributed by atoms with E-state index in [0.717, 1.165) is 29.1 Å². The molecule has 0 fully saturated rings. The number of hydrogen-bond donors (Lipinski definition) is 1. The summed E-state index contributed by atoms with van der Waals surface area (Å²) < 4.78 is 1.84. The fourth-order valence-corrected chi connectivity index (χ4v) is 2.08. The highest BCUT2D eigenvalue weighted by molar-refractivity contribution is 5.60. The van der Waals surface area contributed by atoms with Crippen LogP contribution in [0.1, 0.15) is 11.3 Å². The van der Waals surface area contributed by atoms with Gasteiger partial charge in [-0.1, -0.05) is 29.8 Å². The predicted octanol–water partition coefficient (Wildman–Crippen LogP) is 2.42. The van der Waals surface area contributed by atoms with Crippen LogP contribution < -0.4 is 5.32 Å². The lowest BCUT2D eigenvalue weighted by molar-refractivity contribution is 0.796. The number of nitrogens with one attached hydrogen (secondary N) is 1. The first kappa shape index (κ1) is 11.9. The lowest BCUT2D eigenvalue weighted by Gasteiger charge is -2.01. The summed E-state index contributed by atoms with van der Waals surface area (Å²) >= 11 is 0. The zero-order valence-electron chi connectivity index (χ0n) is 11.1. The second-order valence-corrected chi connectivity index (χ2v) is 4.65. The molecular weight excluding hydrogens is 236 g/mol. The quantitative estimate of drug-likeness (QED) is 0.778. The van der Waals surface area contributed by atoms with Crippen LogP contribution in [0.2, 0.25) is 0 Å². The minimum absolute atomic E-state index is 0.753. The molecule has 0 aliphatic carbocycles. The molecule has 0 bridgehead atoms. The Morgan fingerprint density at radius 1 is 1.11 bits per heavy atom. The maximum atomic E-state index is 4.60. The van der Waals surface area contributed by atoms with Gasteiger partial charge in [0, 0.05) is 12.1 Å². The number of rotatable bonds is 3. The Labute approximate surface area is 112 Å². The third-order valence-electron chi connectivity index (χ3n) is 3.08. The molecular formula is C15H16N4. The highest BCUT2D eigenvalue weighted by Gasteiger charge is 2.04. The first-order valence-corrected chi connectivity index (χ1v) is 6.33. The van der Waals surface area contributed by atoms with E-state index < -0.39 is 0 Å². The van der Waals surface area contributed by atoms with Gasteiger partial charge in [0.1, 0.15) is 0 Å². The second kappa shape index (κ2) is 4.82. The van der Waals surface area contributed by atoms with Gasteiger partial charge in [0.05, 0.1) is 17.6 Å². The summed E-state index contributed by atoms with van der Waals surface area (Å²) in [5, 5.41) is 7.70. The highest BCUT2D eigenvalue weighted by atomic mass is 15.2. The monoisotopic (exact) mass is 252 g/mol. The molecule has 0 amide bonds. The maximum Gasteiger partial charge on any atom is 0.153 e. The van der Waals surface area contributed by atoms with E-state index in [9.17, 15) is 0 Å². The van der Waals surface area contributed by atoms with Gasteiger partial charge in [0.25, 0.3) is 0 Å². The van der Waals surface area contributed by atoms with Crippen LogP contribution >= 0.6 is 0 Å². The molecule has 19 heavy (non-hydrogen) atoms. The maximum absolute atomic E-state index is 4.60. The van der Waals surface area contributed by atoms with Crippen LogP contribution in [-0.2, 0) is 6.54 Å². The van der Waals surface area contributed by atoms with Crippen molar-refractivity contribution in [2.75, 3.05) is 7.05 Å². The molecule has 3 aromatic rings. The summed E-state index contributed by atoms with van der Waals surface area (Å²) in [5.74, 6) is 0. The number of aromatic nitrogens is 3. The van der Waals surface area contributed by atoms with Crippen molar-refractivity contribution in [3.8, 4) is 11.3 Å². The zero-order chi connectivity index (χ0) is 13.2. The fraction of sp³-hybridized carbons (Fsp3) is 0.200. The largest absolute Gasteiger partial charge is 0.314 e. The molecule has 2 heterocycles. The van der Waals surface area contributed by atoms with Crippen molar-refractivity contribution >= 4 is 5.65 Å². The van der Waals surface area contributed by atoms with Crippen LogP contribution in [-0.4, -0.2) is 21.6 Å². The van der Waals surface area contributed by atoms with E-state index in [1.807, 2.05) is 29.9 Å². The minimum atomic E-state index is 0.753. The molecule has 0 aliphatic heterocycles. The molecule has 0 spiro atoms. The van der Waals surface area contributed by atoms with E-state index in [0.29, 0.717) is 0 Å². The Morgan fingerprint density at radius 3 is 2.63 bits per heavy atom. The van der Waals surface area contributed by atoms with E-state index >= 15 is 0 Å². The molecule has 0 saturated carbocycles. The van der Waals surface area contributed by atoms with Gasteiger partial charge in [-0.05, 0) is 26.1 Å². The summed E-state index contributed by atoms with van der Waals surface area (Å²) in [6.45, 7) is 2.84. The Morgan fingerprint density at radius 2 is 1.89 bits per heavy atom. The van der Waals surface area contributed by atoms with E-state index in [2.05, 4.69) is 46.6 Å². The third-order valence-corrected chi connectivity index (χ3v) is 3.08. The van der Waals surface area contributed by atoms with Crippen molar-refractivity contribution in [1.29, 1.82) is 0 Å². The van der Waals surface area contributed by atoms with Crippen molar-refractivity contribution in [1.82, 2.24) is 19.9 Å². The zero-order valence-corrected chi connectivity index (χ0v) is 11.1. The Hall–Kier alpha value is -2.20. The topological polar surface area (TPSA) is 42.2 Å². The third kappa shape index (κ3) is 2.35. The molecule has 0 unspecified atom stereocenters. The summed E-state index contributed by atoms with van der Waals surface area (Å²) in [5.41, 5.74) is 5.21. The standard InChI is InChI=1S/C15H16N4/c1-11-3-5-12(6-4-11)14-7-8-15-17-13(9-16-2)10-19(15)18-14/h3-8,10,16H,9H2,1-2H3. The fourth-order valence-electron chi connectivity index (χ4n) is 2.08. The summed E-state index contributed by atoms with van der Waals surface area (Å²) in [4.78, 5) is 4.49. The number of imidazole rings is 1. The molecule has 96 valence electrons. The lowest BCUT2D eigenvalue weighted by atomic mass is 10.1. The molecule has 0 atom stereocenters.